The Kier molecular flexibility index (Phi) is 4.68. The van der Waals surface area contributed by atoms with Gasteiger partial charge in [-0.15, -0.1) is 0 Å². The Morgan fingerprint density at radius 2 is 2.05 bits per heavy atom. The first-order valence-corrected chi connectivity index (χ1v) is 6.84. The molecule has 0 aromatic carbocycles. The van der Waals surface area contributed by atoms with Crippen LogP contribution in [0.25, 0.3) is 0 Å². The fourth-order valence-corrected chi connectivity index (χ4v) is 2.59. The summed E-state index contributed by atoms with van der Waals surface area (Å²) in [5, 5.41) is 11.3. The number of amides is 1. The van der Waals surface area contributed by atoms with E-state index >= 15 is 0 Å². The molecule has 0 saturated heterocycles. The molecule has 0 radical (unpaired) electrons. The summed E-state index contributed by atoms with van der Waals surface area (Å²) in [6, 6.07) is 2.57. The van der Waals surface area contributed by atoms with Gasteiger partial charge in [-0.05, 0) is 31.4 Å². The van der Waals surface area contributed by atoms with Crippen LogP contribution in [0.15, 0.2) is 18.3 Å². The number of carbonyl (C=O) groups excluding carboxylic acids is 1. The highest BCUT2D eigenvalue weighted by atomic mass is 19.4. The van der Waals surface area contributed by atoms with Crippen molar-refractivity contribution in [3.05, 3.63) is 24.0 Å². The normalized spacial score (nSPS) is 22.1. The lowest BCUT2D eigenvalue weighted by molar-refractivity contribution is -0.185. The average molecular weight is 316 g/mol. The van der Waals surface area contributed by atoms with Crippen LogP contribution in [0.4, 0.5) is 18.9 Å². The summed E-state index contributed by atoms with van der Waals surface area (Å²) in [5.74, 6) is -3.94. The number of rotatable bonds is 3. The molecule has 22 heavy (non-hydrogen) atoms. The van der Waals surface area contributed by atoms with Crippen LogP contribution in [0.5, 0.6) is 0 Å². The zero-order valence-corrected chi connectivity index (χ0v) is 11.6. The van der Waals surface area contributed by atoms with Gasteiger partial charge in [0, 0.05) is 17.8 Å². The van der Waals surface area contributed by atoms with Crippen molar-refractivity contribution in [1.82, 2.24) is 4.98 Å². The number of hydrogen-bond donors (Lipinski definition) is 2. The van der Waals surface area contributed by atoms with Gasteiger partial charge in [0.25, 0.3) is 0 Å². The highest BCUT2D eigenvalue weighted by molar-refractivity contribution is 5.94. The molecule has 1 aromatic rings. The van der Waals surface area contributed by atoms with E-state index in [1.807, 2.05) is 0 Å². The standard InChI is InChI=1S/C14H15F3N2O3/c15-14(16,17)9-3-1-2-8(6-9)12(20)19-10-4-5-18-11(7-10)13(21)22/h4-5,7-9H,1-3,6H2,(H,21,22)(H,18,19,20). The summed E-state index contributed by atoms with van der Waals surface area (Å²) in [4.78, 5) is 26.5. The van der Waals surface area contributed by atoms with Gasteiger partial charge >= 0.3 is 12.1 Å². The van der Waals surface area contributed by atoms with Gasteiger partial charge in [0.15, 0.2) is 0 Å². The summed E-state index contributed by atoms with van der Waals surface area (Å²) < 4.78 is 38.2. The van der Waals surface area contributed by atoms with Gasteiger partial charge in [0.2, 0.25) is 5.91 Å². The van der Waals surface area contributed by atoms with Crippen LogP contribution in [0.2, 0.25) is 0 Å². The zero-order chi connectivity index (χ0) is 16.3. The average Bonchev–Trinajstić information content (AvgIpc) is 2.46. The van der Waals surface area contributed by atoms with Gasteiger partial charge < -0.3 is 10.4 Å². The maximum atomic E-state index is 12.7. The summed E-state index contributed by atoms with van der Waals surface area (Å²) in [6.07, 6.45) is -2.50. The number of carboxylic acids is 1. The van der Waals surface area contributed by atoms with Crippen LogP contribution < -0.4 is 5.32 Å². The number of alkyl halides is 3. The molecule has 5 nitrogen and oxygen atoms in total. The van der Waals surface area contributed by atoms with Crippen LogP contribution >= 0.6 is 0 Å². The van der Waals surface area contributed by atoms with Crippen molar-refractivity contribution in [2.24, 2.45) is 11.8 Å². The highest BCUT2D eigenvalue weighted by Crippen LogP contribution is 2.40. The third-order valence-corrected chi connectivity index (χ3v) is 3.75. The molecule has 2 unspecified atom stereocenters. The lowest BCUT2D eigenvalue weighted by Gasteiger charge is -2.29. The third-order valence-electron chi connectivity index (χ3n) is 3.75. The molecule has 2 rings (SSSR count). The SMILES string of the molecule is O=C(O)c1cc(NC(=O)C2CCCC(C(F)(F)F)C2)ccn1. The minimum absolute atomic E-state index is 0.0473. The van der Waals surface area contributed by atoms with Crippen molar-refractivity contribution >= 4 is 17.6 Å². The Morgan fingerprint density at radius 3 is 2.68 bits per heavy atom. The lowest BCUT2D eigenvalue weighted by Crippen LogP contribution is -2.34. The summed E-state index contributed by atoms with van der Waals surface area (Å²) in [6.45, 7) is 0. The Bertz CT molecular complexity index is 575. The minimum atomic E-state index is -4.29. The summed E-state index contributed by atoms with van der Waals surface area (Å²) in [5.41, 5.74) is -0.0267. The molecule has 0 aliphatic heterocycles. The van der Waals surface area contributed by atoms with E-state index in [4.69, 9.17) is 5.11 Å². The van der Waals surface area contributed by atoms with Crippen molar-refractivity contribution < 1.29 is 27.9 Å². The van der Waals surface area contributed by atoms with E-state index in [0.29, 0.717) is 12.8 Å². The molecule has 1 aliphatic rings. The molecule has 1 aliphatic carbocycles. The maximum Gasteiger partial charge on any atom is 0.391 e. The molecule has 1 heterocycles. The zero-order valence-electron chi connectivity index (χ0n) is 11.6. The lowest BCUT2D eigenvalue weighted by atomic mass is 9.80. The summed E-state index contributed by atoms with van der Waals surface area (Å²) >= 11 is 0. The highest BCUT2D eigenvalue weighted by Gasteiger charge is 2.43. The van der Waals surface area contributed by atoms with Gasteiger partial charge in [0.05, 0.1) is 5.92 Å². The van der Waals surface area contributed by atoms with E-state index in [2.05, 4.69) is 10.3 Å². The van der Waals surface area contributed by atoms with E-state index in [1.54, 1.807) is 0 Å². The third kappa shape index (κ3) is 3.96. The van der Waals surface area contributed by atoms with Crippen LogP contribution in [-0.4, -0.2) is 28.1 Å². The first kappa shape index (κ1) is 16.3. The van der Waals surface area contributed by atoms with Crippen LogP contribution in [0.3, 0.4) is 0 Å². The predicted molar refractivity (Wildman–Crippen MR) is 71.3 cm³/mol. The van der Waals surface area contributed by atoms with Gasteiger partial charge in [-0.3, -0.25) is 4.79 Å². The second kappa shape index (κ2) is 6.33. The minimum Gasteiger partial charge on any atom is -0.477 e. The Labute approximate surface area is 124 Å². The van der Waals surface area contributed by atoms with Gasteiger partial charge in [-0.1, -0.05) is 6.42 Å². The number of pyridine rings is 1. The number of aromatic carboxylic acids is 1. The molecule has 1 aromatic heterocycles. The number of carboxylic acid groups (broad SMARTS) is 1. The molecule has 0 spiro atoms. The largest absolute Gasteiger partial charge is 0.477 e. The van der Waals surface area contributed by atoms with Crippen molar-refractivity contribution in [2.75, 3.05) is 5.32 Å². The number of nitrogens with zero attached hydrogens (tertiary/aromatic N) is 1. The Hall–Kier alpha value is -2.12. The van der Waals surface area contributed by atoms with Crippen molar-refractivity contribution in [2.45, 2.75) is 31.9 Å². The van der Waals surface area contributed by atoms with Gasteiger partial charge in [-0.2, -0.15) is 13.2 Å². The van der Waals surface area contributed by atoms with Crippen LogP contribution in [-0.2, 0) is 4.79 Å². The molecule has 1 amide bonds. The molecule has 0 bridgehead atoms. The molecular weight excluding hydrogens is 301 g/mol. The quantitative estimate of drug-likeness (QED) is 0.898. The first-order valence-electron chi connectivity index (χ1n) is 6.84. The number of nitrogens with one attached hydrogen (secondary N) is 1. The van der Waals surface area contributed by atoms with E-state index in [9.17, 15) is 22.8 Å². The van der Waals surface area contributed by atoms with Crippen molar-refractivity contribution in [3.8, 4) is 0 Å². The smallest absolute Gasteiger partial charge is 0.391 e. The molecule has 2 N–H and O–H groups in total. The number of carbonyl (C=O) groups is 2. The second-order valence-electron chi connectivity index (χ2n) is 5.33. The molecule has 1 saturated carbocycles. The first-order chi connectivity index (χ1) is 10.3. The number of anilines is 1. The van der Waals surface area contributed by atoms with E-state index in [0.717, 1.165) is 0 Å². The fraction of sp³-hybridized carbons (Fsp3) is 0.500. The number of halogens is 3. The maximum absolute atomic E-state index is 12.7. The van der Waals surface area contributed by atoms with Crippen LogP contribution in [0.1, 0.15) is 36.2 Å². The topological polar surface area (TPSA) is 79.3 Å². The van der Waals surface area contributed by atoms with Crippen molar-refractivity contribution in [3.63, 3.8) is 0 Å². The molecule has 8 heteroatoms. The monoisotopic (exact) mass is 316 g/mol. The Balaban J connectivity index is 2.03. The number of aromatic nitrogens is 1. The van der Waals surface area contributed by atoms with Crippen molar-refractivity contribution in [1.29, 1.82) is 0 Å². The van der Waals surface area contributed by atoms with Gasteiger partial charge in [0.1, 0.15) is 5.69 Å². The predicted octanol–water partition coefficient (Wildman–Crippen LogP) is 3.09. The molecule has 2 atom stereocenters. The second-order valence-corrected chi connectivity index (χ2v) is 5.33. The Morgan fingerprint density at radius 1 is 1.32 bits per heavy atom. The van der Waals surface area contributed by atoms with Crippen LogP contribution in [0, 0.1) is 11.8 Å². The fourth-order valence-electron chi connectivity index (χ4n) is 2.59. The number of hydrogen-bond acceptors (Lipinski definition) is 3. The van der Waals surface area contributed by atoms with Gasteiger partial charge in [-0.25, -0.2) is 9.78 Å². The molecule has 1 fully saturated rings. The molecular formula is C14H15F3N2O3. The summed E-state index contributed by atoms with van der Waals surface area (Å²) in [7, 11) is 0. The van der Waals surface area contributed by atoms with E-state index < -0.39 is 29.9 Å². The molecule has 120 valence electrons. The van der Waals surface area contributed by atoms with E-state index in [-0.39, 0.29) is 24.2 Å². The van der Waals surface area contributed by atoms with E-state index in [1.165, 1.54) is 18.3 Å².